The SMILES string of the molecule is C=CCc1cc(C=NNC(=O)CC(=O)Nc2ccc(C)cc2C)cc(OC)c1O. The molecule has 0 aromatic heterocycles. The molecule has 0 aliphatic carbocycles. The lowest BCUT2D eigenvalue weighted by Gasteiger charge is -2.09. The zero-order chi connectivity index (χ0) is 21.4. The molecule has 0 spiro atoms. The number of nitrogens with zero attached hydrogens (tertiary/aromatic N) is 1. The minimum Gasteiger partial charge on any atom is -0.504 e. The molecule has 0 bridgehead atoms. The Labute approximate surface area is 170 Å². The lowest BCUT2D eigenvalue weighted by molar-refractivity contribution is -0.126. The first-order valence-electron chi connectivity index (χ1n) is 9.03. The first-order valence-corrected chi connectivity index (χ1v) is 9.03. The summed E-state index contributed by atoms with van der Waals surface area (Å²) in [6.07, 6.45) is 3.17. The number of methoxy groups -OCH3 is 1. The number of hydrogen-bond donors (Lipinski definition) is 3. The molecule has 0 aliphatic heterocycles. The van der Waals surface area contributed by atoms with E-state index in [1.807, 2.05) is 26.0 Å². The molecule has 2 aromatic rings. The van der Waals surface area contributed by atoms with Crippen molar-refractivity contribution in [2.24, 2.45) is 5.10 Å². The molecule has 0 saturated carbocycles. The number of allylic oxidation sites excluding steroid dienone is 1. The molecule has 3 N–H and O–H groups in total. The van der Waals surface area contributed by atoms with Gasteiger partial charge in [-0.05, 0) is 49.6 Å². The van der Waals surface area contributed by atoms with Crippen LogP contribution >= 0.6 is 0 Å². The van der Waals surface area contributed by atoms with E-state index < -0.39 is 11.8 Å². The Bertz CT molecular complexity index is 951. The molecule has 0 fully saturated rings. The van der Waals surface area contributed by atoms with Gasteiger partial charge in [0.1, 0.15) is 6.42 Å². The standard InChI is InChI=1S/C22H25N3O4/c1-5-6-17-10-16(11-19(29-4)22(17)28)13-23-25-21(27)12-20(26)24-18-8-7-14(2)9-15(18)3/h5,7-11,13,28H,1,6,12H2,2-4H3,(H,24,26)(H,25,27). The van der Waals surface area contributed by atoms with Crippen LogP contribution in [-0.2, 0) is 16.0 Å². The van der Waals surface area contributed by atoms with E-state index >= 15 is 0 Å². The normalized spacial score (nSPS) is 10.6. The Balaban J connectivity index is 1.96. The number of anilines is 1. The van der Waals surface area contributed by atoms with Gasteiger partial charge < -0.3 is 15.2 Å². The number of hydrazone groups is 1. The summed E-state index contributed by atoms with van der Waals surface area (Å²) in [6.45, 7) is 7.51. The van der Waals surface area contributed by atoms with Gasteiger partial charge in [0.05, 0.1) is 13.3 Å². The summed E-state index contributed by atoms with van der Waals surface area (Å²) in [5.41, 5.74) is 6.25. The van der Waals surface area contributed by atoms with E-state index in [9.17, 15) is 14.7 Å². The number of phenolic OH excluding ortho intramolecular Hbond substituents is 1. The van der Waals surface area contributed by atoms with E-state index in [1.54, 1.807) is 24.3 Å². The molecule has 0 saturated heterocycles. The topological polar surface area (TPSA) is 100 Å². The van der Waals surface area contributed by atoms with Gasteiger partial charge >= 0.3 is 0 Å². The molecule has 2 rings (SSSR count). The predicted octanol–water partition coefficient (Wildman–Crippen LogP) is 3.23. The lowest BCUT2D eigenvalue weighted by Crippen LogP contribution is -2.24. The highest BCUT2D eigenvalue weighted by atomic mass is 16.5. The maximum atomic E-state index is 12.1. The van der Waals surface area contributed by atoms with Crippen molar-refractivity contribution in [2.75, 3.05) is 12.4 Å². The lowest BCUT2D eigenvalue weighted by atomic mass is 10.1. The summed E-state index contributed by atoms with van der Waals surface area (Å²) in [5.74, 6) is -0.633. The highest BCUT2D eigenvalue weighted by molar-refractivity contribution is 6.04. The van der Waals surface area contributed by atoms with Crippen LogP contribution in [0.1, 0.15) is 28.7 Å². The molecule has 0 aliphatic rings. The molecule has 0 unspecified atom stereocenters. The molecule has 152 valence electrons. The first kappa shape index (κ1) is 21.7. The van der Waals surface area contributed by atoms with E-state index in [0.717, 1.165) is 11.1 Å². The van der Waals surface area contributed by atoms with Crippen molar-refractivity contribution in [1.29, 1.82) is 0 Å². The van der Waals surface area contributed by atoms with Gasteiger partial charge in [0, 0.05) is 11.3 Å². The van der Waals surface area contributed by atoms with Crippen LogP contribution in [-0.4, -0.2) is 30.2 Å². The van der Waals surface area contributed by atoms with Gasteiger partial charge in [-0.3, -0.25) is 9.59 Å². The zero-order valence-corrected chi connectivity index (χ0v) is 16.8. The number of phenols is 1. The van der Waals surface area contributed by atoms with E-state index in [1.165, 1.54) is 13.3 Å². The van der Waals surface area contributed by atoms with Crippen LogP contribution in [0.4, 0.5) is 5.69 Å². The van der Waals surface area contributed by atoms with E-state index in [-0.39, 0.29) is 12.2 Å². The average molecular weight is 395 g/mol. The first-order chi connectivity index (χ1) is 13.8. The fourth-order valence-electron chi connectivity index (χ4n) is 2.74. The Morgan fingerprint density at radius 1 is 1.21 bits per heavy atom. The monoisotopic (exact) mass is 395 g/mol. The highest BCUT2D eigenvalue weighted by Crippen LogP contribution is 2.31. The zero-order valence-electron chi connectivity index (χ0n) is 16.8. The summed E-state index contributed by atoms with van der Waals surface area (Å²) in [4.78, 5) is 24.0. The number of carbonyl (C=O) groups excluding carboxylic acids is 2. The third-order valence-electron chi connectivity index (χ3n) is 4.14. The summed E-state index contributed by atoms with van der Waals surface area (Å²) in [6, 6.07) is 8.94. The van der Waals surface area contributed by atoms with Crippen molar-refractivity contribution < 1.29 is 19.4 Å². The number of aryl methyl sites for hydroxylation is 2. The number of carbonyl (C=O) groups is 2. The maximum Gasteiger partial charge on any atom is 0.249 e. The number of benzene rings is 2. The molecule has 29 heavy (non-hydrogen) atoms. The number of nitrogens with one attached hydrogen (secondary N) is 2. The summed E-state index contributed by atoms with van der Waals surface area (Å²) >= 11 is 0. The third kappa shape index (κ3) is 6.21. The molecule has 2 aromatic carbocycles. The molecule has 7 heteroatoms. The predicted molar refractivity (Wildman–Crippen MR) is 113 cm³/mol. The molecule has 0 radical (unpaired) electrons. The van der Waals surface area contributed by atoms with Crippen molar-refractivity contribution in [1.82, 2.24) is 5.43 Å². The van der Waals surface area contributed by atoms with Crippen LogP contribution in [0.15, 0.2) is 48.1 Å². The summed E-state index contributed by atoms with van der Waals surface area (Å²) in [5, 5.41) is 16.7. The molecule has 2 amide bonds. The maximum absolute atomic E-state index is 12.1. The van der Waals surface area contributed by atoms with E-state index in [4.69, 9.17) is 4.74 Å². The number of amides is 2. The van der Waals surface area contributed by atoms with Gasteiger partial charge in [0.15, 0.2) is 11.5 Å². The smallest absolute Gasteiger partial charge is 0.249 e. The van der Waals surface area contributed by atoms with Crippen molar-refractivity contribution in [3.8, 4) is 11.5 Å². The van der Waals surface area contributed by atoms with Crippen LogP contribution in [0.2, 0.25) is 0 Å². The van der Waals surface area contributed by atoms with Gasteiger partial charge in [-0.15, -0.1) is 6.58 Å². The Morgan fingerprint density at radius 3 is 2.62 bits per heavy atom. The summed E-state index contributed by atoms with van der Waals surface area (Å²) in [7, 11) is 1.45. The number of rotatable bonds is 8. The summed E-state index contributed by atoms with van der Waals surface area (Å²) < 4.78 is 5.14. The Morgan fingerprint density at radius 2 is 1.97 bits per heavy atom. The number of ether oxygens (including phenoxy) is 1. The molecule has 0 atom stereocenters. The van der Waals surface area contributed by atoms with Crippen LogP contribution < -0.4 is 15.5 Å². The fourth-order valence-corrected chi connectivity index (χ4v) is 2.74. The van der Waals surface area contributed by atoms with Gasteiger partial charge in [0.2, 0.25) is 11.8 Å². The van der Waals surface area contributed by atoms with Gasteiger partial charge in [-0.1, -0.05) is 23.8 Å². The van der Waals surface area contributed by atoms with Gasteiger partial charge in [-0.25, -0.2) is 5.43 Å². The number of hydrogen-bond acceptors (Lipinski definition) is 5. The Kier molecular flexibility index (Phi) is 7.54. The Hall–Kier alpha value is -3.61. The number of aromatic hydroxyl groups is 1. The highest BCUT2D eigenvalue weighted by Gasteiger charge is 2.11. The van der Waals surface area contributed by atoms with Crippen molar-refractivity contribution in [3.63, 3.8) is 0 Å². The average Bonchev–Trinajstić information content (AvgIpc) is 2.66. The molecular weight excluding hydrogens is 370 g/mol. The largest absolute Gasteiger partial charge is 0.504 e. The third-order valence-corrected chi connectivity index (χ3v) is 4.14. The van der Waals surface area contributed by atoms with E-state index in [0.29, 0.717) is 29.0 Å². The minimum atomic E-state index is -0.541. The van der Waals surface area contributed by atoms with E-state index in [2.05, 4.69) is 22.4 Å². The second-order valence-corrected chi connectivity index (χ2v) is 6.56. The van der Waals surface area contributed by atoms with Crippen LogP contribution in [0, 0.1) is 13.8 Å². The molecular formula is C22H25N3O4. The van der Waals surface area contributed by atoms with Crippen molar-refractivity contribution in [3.05, 3.63) is 65.2 Å². The van der Waals surface area contributed by atoms with Crippen molar-refractivity contribution >= 4 is 23.7 Å². The molecule has 0 heterocycles. The van der Waals surface area contributed by atoms with Crippen LogP contribution in [0.25, 0.3) is 0 Å². The van der Waals surface area contributed by atoms with Gasteiger partial charge in [-0.2, -0.15) is 5.10 Å². The minimum absolute atomic E-state index is 0.0386. The fraction of sp³-hybridized carbons (Fsp3) is 0.227. The van der Waals surface area contributed by atoms with Gasteiger partial charge in [0.25, 0.3) is 0 Å². The van der Waals surface area contributed by atoms with Crippen LogP contribution in [0.5, 0.6) is 11.5 Å². The molecule has 7 nitrogen and oxygen atoms in total. The second kappa shape index (κ2) is 10.1. The van der Waals surface area contributed by atoms with Crippen molar-refractivity contribution in [2.45, 2.75) is 26.7 Å². The second-order valence-electron chi connectivity index (χ2n) is 6.56. The van der Waals surface area contributed by atoms with Crippen LogP contribution in [0.3, 0.4) is 0 Å². The quantitative estimate of drug-likeness (QED) is 0.276.